The van der Waals surface area contributed by atoms with Crippen LogP contribution in [-0.4, -0.2) is 16.9 Å². The van der Waals surface area contributed by atoms with Gasteiger partial charge >= 0.3 is 0 Å². The second-order valence-electron chi connectivity index (χ2n) is 4.35. The van der Waals surface area contributed by atoms with Crippen molar-refractivity contribution in [2.75, 3.05) is 12.8 Å². The molecule has 0 aliphatic carbocycles. The summed E-state index contributed by atoms with van der Waals surface area (Å²) in [5.74, 6) is -2.42. The van der Waals surface area contributed by atoms with Crippen molar-refractivity contribution in [3.8, 4) is 17.0 Å². The van der Waals surface area contributed by atoms with Gasteiger partial charge in [-0.25, -0.2) is 8.78 Å². The number of benzene rings is 1. The normalized spacial score (nSPS) is 11.6. The molecule has 0 bridgehead atoms. The summed E-state index contributed by atoms with van der Waals surface area (Å²) in [6.45, 7) is 0.835. The fourth-order valence-corrected chi connectivity index (χ4v) is 1.92. The number of nitrogens with zero attached hydrogens (tertiary/aromatic N) is 2. The Bertz CT molecular complexity index is 583. The summed E-state index contributed by atoms with van der Waals surface area (Å²) < 4.78 is 33.7. The molecule has 0 radical (unpaired) electrons. The first-order chi connectivity index (χ1) is 8.84. The van der Waals surface area contributed by atoms with E-state index in [4.69, 9.17) is 10.5 Å². The summed E-state index contributed by atoms with van der Waals surface area (Å²) >= 11 is 0. The third-order valence-electron chi connectivity index (χ3n) is 2.88. The van der Waals surface area contributed by atoms with E-state index in [2.05, 4.69) is 5.10 Å². The van der Waals surface area contributed by atoms with E-state index in [1.54, 1.807) is 25.2 Å². The smallest absolute Gasteiger partial charge is 0.274 e. The molecule has 0 atom stereocenters. The fraction of sp³-hybridized carbons (Fsp3) is 0.308. The Labute approximate surface area is 109 Å². The quantitative estimate of drug-likeness (QED) is 0.930. The molecule has 0 aliphatic heterocycles. The second-order valence-corrected chi connectivity index (χ2v) is 4.35. The van der Waals surface area contributed by atoms with Crippen LogP contribution in [-0.2, 0) is 13.0 Å². The van der Waals surface area contributed by atoms with Crippen LogP contribution < -0.4 is 10.5 Å². The van der Waals surface area contributed by atoms with Crippen molar-refractivity contribution in [1.29, 1.82) is 0 Å². The summed E-state index contributed by atoms with van der Waals surface area (Å²) in [6.07, 6.45) is 0. The molecule has 1 aromatic carbocycles. The summed E-state index contributed by atoms with van der Waals surface area (Å²) in [4.78, 5) is 0. The molecular formula is C13H15F2N3O. The van der Waals surface area contributed by atoms with Crippen LogP contribution in [0.1, 0.15) is 12.5 Å². The number of aryl methyl sites for hydroxylation is 1. The standard InChI is InChI=1S/C13H15F2N3O/c1-13(14,15)9-6-4-5-8(12(9)19-3)10-7-11(16)18(2)17-10/h4-7H,16H2,1-3H3. The van der Waals surface area contributed by atoms with Crippen molar-refractivity contribution in [3.05, 3.63) is 29.8 Å². The topological polar surface area (TPSA) is 53.1 Å². The van der Waals surface area contributed by atoms with Crippen molar-refractivity contribution in [2.24, 2.45) is 7.05 Å². The predicted molar refractivity (Wildman–Crippen MR) is 69.2 cm³/mol. The zero-order chi connectivity index (χ0) is 14.2. The van der Waals surface area contributed by atoms with E-state index in [-0.39, 0.29) is 11.3 Å². The van der Waals surface area contributed by atoms with Gasteiger partial charge in [0.05, 0.1) is 18.4 Å². The molecule has 102 valence electrons. The average Bonchev–Trinajstić information content (AvgIpc) is 2.67. The molecular weight excluding hydrogens is 252 g/mol. The number of anilines is 1. The van der Waals surface area contributed by atoms with Crippen LogP contribution in [0.5, 0.6) is 5.75 Å². The lowest BCUT2D eigenvalue weighted by molar-refractivity contribution is 0.0151. The largest absolute Gasteiger partial charge is 0.496 e. The predicted octanol–water partition coefficient (Wildman–Crippen LogP) is 2.79. The summed E-state index contributed by atoms with van der Waals surface area (Å²) in [5.41, 5.74) is 6.53. The van der Waals surface area contributed by atoms with Crippen molar-refractivity contribution in [2.45, 2.75) is 12.8 Å². The third kappa shape index (κ3) is 2.38. The van der Waals surface area contributed by atoms with Gasteiger partial charge in [-0.15, -0.1) is 0 Å². The van der Waals surface area contributed by atoms with Gasteiger partial charge in [-0.3, -0.25) is 4.68 Å². The molecule has 0 fully saturated rings. The first kappa shape index (κ1) is 13.3. The van der Waals surface area contributed by atoms with Gasteiger partial charge in [0.25, 0.3) is 5.92 Å². The van der Waals surface area contributed by atoms with Crippen LogP contribution in [0.25, 0.3) is 11.3 Å². The third-order valence-corrected chi connectivity index (χ3v) is 2.88. The molecule has 2 N–H and O–H groups in total. The highest BCUT2D eigenvalue weighted by atomic mass is 19.3. The summed E-state index contributed by atoms with van der Waals surface area (Å²) in [5, 5.41) is 4.18. The van der Waals surface area contributed by atoms with Crippen LogP contribution >= 0.6 is 0 Å². The van der Waals surface area contributed by atoms with Crippen LogP contribution in [0.2, 0.25) is 0 Å². The highest BCUT2D eigenvalue weighted by Crippen LogP contribution is 2.40. The Balaban J connectivity index is 2.64. The van der Waals surface area contributed by atoms with E-state index in [0.717, 1.165) is 6.92 Å². The van der Waals surface area contributed by atoms with E-state index in [1.807, 2.05) is 0 Å². The zero-order valence-corrected chi connectivity index (χ0v) is 10.9. The van der Waals surface area contributed by atoms with Crippen LogP contribution in [0.15, 0.2) is 24.3 Å². The lowest BCUT2D eigenvalue weighted by atomic mass is 10.0. The average molecular weight is 267 g/mol. The molecule has 1 heterocycles. The molecule has 0 amide bonds. The van der Waals surface area contributed by atoms with Crippen molar-refractivity contribution >= 4 is 5.82 Å². The molecule has 2 rings (SSSR count). The van der Waals surface area contributed by atoms with Crippen LogP contribution in [0.4, 0.5) is 14.6 Å². The monoisotopic (exact) mass is 267 g/mol. The van der Waals surface area contributed by atoms with Gasteiger partial charge < -0.3 is 10.5 Å². The Hall–Kier alpha value is -2.11. The Kier molecular flexibility index (Phi) is 3.18. The number of para-hydroxylation sites is 1. The maximum atomic E-state index is 13.6. The number of hydrogen-bond donors (Lipinski definition) is 1. The number of halogens is 2. The second kappa shape index (κ2) is 4.53. The minimum Gasteiger partial charge on any atom is -0.496 e. The highest BCUT2D eigenvalue weighted by Gasteiger charge is 2.30. The van der Waals surface area contributed by atoms with Crippen LogP contribution in [0, 0.1) is 0 Å². The molecule has 0 saturated heterocycles. The Morgan fingerprint density at radius 2 is 2.05 bits per heavy atom. The number of methoxy groups -OCH3 is 1. The maximum Gasteiger partial charge on any atom is 0.274 e. The van der Waals surface area contributed by atoms with E-state index in [9.17, 15) is 8.78 Å². The number of alkyl halides is 2. The van der Waals surface area contributed by atoms with Gasteiger partial charge in [-0.05, 0) is 12.1 Å². The van der Waals surface area contributed by atoms with Crippen molar-refractivity contribution in [3.63, 3.8) is 0 Å². The fourth-order valence-electron chi connectivity index (χ4n) is 1.92. The van der Waals surface area contributed by atoms with Gasteiger partial charge in [0, 0.05) is 25.6 Å². The SMILES string of the molecule is COc1c(-c2cc(N)n(C)n2)cccc1C(C)(F)F. The first-order valence-corrected chi connectivity index (χ1v) is 5.69. The minimum absolute atomic E-state index is 0.119. The number of hydrogen-bond acceptors (Lipinski definition) is 3. The van der Waals surface area contributed by atoms with Gasteiger partial charge in [0.1, 0.15) is 11.6 Å². The molecule has 4 nitrogen and oxygen atoms in total. The van der Waals surface area contributed by atoms with Crippen LogP contribution in [0.3, 0.4) is 0 Å². The van der Waals surface area contributed by atoms with Crippen molar-refractivity contribution < 1.29 is 13.5 Å². The van der Waals surface area contributed by atoms with Gasteiger partial charge in [0.15, 0.2) is 0 Å². The molecule has 6 heteroatoms. The van der Waals surface area contributed by atoms with Gasteiger partial charge in [0.2, 0.25) is 0 Å². The molecule has 2 aromatic rings. The summed E-state index contributed by atoms with van der Waals surface area (Å²) in [6, 6.07) is 6.19. The number of rotatable bonds is 3. The number of aromatic nitrogens is 2. The van der Waals surface area contributed by atoms with Gasteiger partial charge in [-0.2, -0.15) is 5.10 Å². The van der Waals surface area contributed by atoms with Crippen molar-refractivity contribution in [1.82, 2.24) is 9.78 Å². The lowest BCUT2D eigenvalue weighted by Gasteiger charge is -2.17. The minimum atomic E-state index is -2.98. The van der Waals surface area contributed by atoms with E-state index in [1.165, 1.54) is 17.9 Å². The number of nitrogen functional groups attached to an aromatic ring is 1. The Morgan fingerprint density at radius 1 is 1.37 bits per heavy atom. The summed E-state index contributed by atoms with van der Waals surface area (Å²) in [7, 11) is 3.05. The number of ether oxygens (including phenoxy) is 1. The molecule has 0 aliphatic rings. The molecule has 1 aromatic heterocycles. The van der Waals surface area contributed by atoms with Gasteiger partial charge in [-0.1, -0.05) is 6.07 Å². The van der Waals surface area contributed by atoms with E-state index >= 15 is 0 Å². The number of nitrogens with two attached hydrogens (primary N) is 1. The van der Waals surface area contributed by atoms with E-state index < -0.39 is 5.92 Å². The first-order valence-electron chi connectivity index (χ1n) is 5.69. The van der Waals surface area contributed by atoms with E-state index in [0.29, 0.717) is 17.1 Å². The lowest BCUT2D eigenvalue weighted by Crippen LogP contribution is -2.09. The molecule has 0 saturated carbocycles. The molecule has 19 heavy (non-hydrogen) atoms. The highest BCUT2D eigenvalue weighted by molar-refractivity contribution is 5.71. The molecule has 0 spiro atoms. The molecule has 0 unspecified atom stereocenters. The Morgan fingerprint density at radius 3 is 2.53 bits per heavy atom. The maximum absolute atomic E-state index is 13.6. The zero-order valence-electron chi connectivity index (χ0n) is 10.9.